The molecule has 0 saturated heterocycles. The summed E-state index contributed by atoms with van der Waals surface area (Å²) in [5.74, 6) is 0. The minimum atomic E-state index is 1.06. The van der Waals surface area contributed by atoms with E-state index in [0.717, 1.165) is 16.4 Å². The van der Waals surface area contributed by atoms with Crippen LogP contribution >= 0.6 is 0 Å². The van der Waals surface area contributed by atoms with E-state index in [4.69, 9.17) is 4.99 Å². The summed E-state index contributed by atoms with van der Waals surface area (Å²) in [4.78, 5) is 9.29. The number of para-hydroxylation sites is 1. The quantitative estimate of drug-likeness (QED) is 0.459. The highest BCUT2D eigenvalue weighted by molar-refractivity contribution is 5.92. The molecule has 3 aromatic carbocycles. The Morgan fingerprint density at radius 1 is 0.700 bits per heavy atom. The summed E-state index contributed by atoms with van der Waals surface area (Å²) >= 11 is 0. The van der Waals surface area contributed by atoms with Crippen LogP contribution in [0.5, 0.6) is 0 Å². The standard InChI is InChI=1S/C18H10N2/c1-2-4-16-12(3-1)13-7-8-14-15(18(13)20-16)6-5-11-9-10-19-17(11)14/h1-10H. The van der Waals surface area contributed by atoms with E-state index in [-0.39, 0.29) is 0 Å². The van der Waals surface area contributed by atoms with Crippen LogP contribution in [0.2, 0.25) is 0 Å². The first-order valence-electron chi connectivity index (χ1n) is 6.70. The second kappa shape index (κ2) is 3.42. The SMILES string of the molecule is C1=Cc2ccc3c4c(ccc3c2=N1)-c1ccccc1N=4. The molecule has 0 aliphatic carbocycles. The summed E-state index contributed by atoms with van der Waals surface area (Å²) in [5, 5.41) is 4.51. The van der Waals surface area contributed by atoms with Gasteiger partial charge in [0.15, 0.2) is 0 Å². The molecule has 2 aliphatic rings. The number of hydrogen-bond donors (Lipinski definition) is 0. The van der Waals surface area contributed by atoms with Crippen molar-refractivity contribution >= 4 is 22.5 Å². The van der Waals surface area contributed by atoms with E-state index < -0.39 is 0 Å². The van der Waals surface area contributed by atoms with E-state index in [1.165, 1.54) is 27.5 Å². The number of benzene rings is 3. The molecule has 0 aromatic heterocycles. The molecule has 0 bridgehead atoms. The van der Waals surface area contributed by atoms with Crippen molar-refractivity contribution in [2.75, 3.05) is 0 Å². The van der Waals surface area contributed by atoms with Gasteiger partial charge in [0.25, 0.3) is 0 Å². The van der Waals surface area contributed by atoms with Gasteiger partial charge < -0.3 is 0 Å². The molecule has 0 spiro atoms. The average molecular weight is 254 g/mol. The van der Waals surface area contributed by atoms with Gasteiger partial charge in [-0.3, -0.25) is 4.99 Å². The third-order valence-electron chi connectivity index (χ3n) is 4.06. The highest BCUT2D eigenvalue weighted by Gasteiger charge is 2.16. The molecule has 0 atom stereocenters. The van der Waals surface area contributed by atoms with Crippen LogP contribution in [0, 0.1) is 0 Å². The van der Waals surface area contributed by atoms with Crippen LogP contribution in [-0.4, -0.2) is 0 Å². The molecule has 2 heteroatoms. The molecular weight excluding hydrogens is 244 g/mol. The maximum absolute atomic E-state index is 4.81. The largest absolute Gasteiger partial charge is 0.256 e. The highest BCUT2D eigenvalue weighted by Crippen LogP contribution is 2.33. The Morgan fingerprint density at radius 3 is 2.55 bits per heavy atom. The Hall–Kier alpha value is -2.74. The van der Waals surface area contributed by atoms with Crippen molar-refractivity contribution in [3.05, 3.63) is 71.0 Å². The molecule has 0 saturated carbocycles. The number of fused-ring (bicyclic) bond motifs is 7. The molecule has 0 radical (unpaired) electrons. The molecular formula is C18H10N2. The number of rotatable bonds is 0. The lowest BCUT2D eigenvalue weighted by Crippen LogP contribution is -2.11. The maximum Gasteiger partial charge on any atom is 0.0795 e. The molecule has 0 unspecified atom stereocenters. The second-order valence-electron chi connectivity index (χ2n) is 5.13. The lowest BCUT2D eigenvalue weighted by Gasteiger charge is -2.02. The van der Waals surface area contributed by atoms with E-state index in [2.05, 4.69) is 47.5 Å². The Morgan fingerprint density at radius 2 is 1.55 bits per heavy atom. The predicted octanol–water partition coefficient (Wildman–Crippen LogP) is 3.38. The monoisotopic (exact) mass is 254 g/mol. The Labute approximate surface area is 115 Å². The fraction of sp³-hybridized carbons (Fsp3) is 0. The molecule has 20 heavy (non-hydrogen) atoms. The van der Waals surface area contributed by atoms with Crippen LogP contribution in [-0.2, 0) is 0 Å². The molecule has 92 valence electrons. The van der Waals surface area contributed by atoms with Crippen molar-refractivity contribution < 1.29 is 0 Å². The van der Waals surface area contributed by atoms with Gasteiger partial charge in [-0.1, -0.05) is 42.5 Å². The molecule has 2 heterocycles. The highest BCUT2D eigenvalue weighted by atomic mass is 14.8. The summed E-state index contributed by atoms with van der Waals surface area (Å²) in [6, 6.07) is 16.9. The zero-order valence-electron chi connectivity index (χ0n) is 10.7. The zero-order chi connectivity index (χ0) is 13.1. The Bertz CT molecular complexity index is 1040. The zero-order valence-corrected chi connectivity index (χ0v) is 10.7. The topological polar surface area (TPSA) is 24.7 Å². The fourth-order valence-electron chi connectivity index (χ4n) is 3.12. The number of nitrogens with zero attached hydrogens (tertiary/aromatic N) is 2. The minimum absolute atomic E-state index is 1.06. The van der Waals surface area contributed by atoms with Gasteiger partial charge in [-0.25, -0.2) is 4.99 Å². The summed E-state index contributed by atoms with van der Waals surface area (Å²) in [6.45, 7) is 0. The van der Waals surface area contributed by atoms with Gasteiger partial charge in [0.05, 0.1) is 16.4 Å². The van der Waals surface area contributed by atoms with Crippen LogP contribution in [0.4, 0.5) is 5.69 Å². The van der Waals surface area contributed by atoms with Gasteiger partial charge in [0.2, 0.25) is 0 Å². The summed E-state index contributed by atoms with van der Waals surface area (Å²) in [6.07, 6.45) is 3.91. The van der Waals surface area contributed by atoms with Crippen LogP contribution < -0.4 is 10.7 Å². The lowest BCUT2D eigenvalue weighted by molar-refractivity contribution is 1.40. The van der Waals surface area contributed by atoms with Gasteiger partial charge in [0, 0.05) is 33.7 Å². The first-order valence-corrected chi connectivity index (χ1v) is 6.70. The van der Waals surface area contributed by atoms with Gasteiger partial charge >= 0.3 is 0 Å². The summed E-state index contributed by atoms with van der Waals surface area (Å²) in [7, 11) is 0. The van der Waals surface area contributed by atoms with Crippen LogP contribution in [0.25, 0.3) is 28.0 Å². The van der Waals surface area contributed by atoms with Crippen molar-refractivity contribution in [3.63, 3.8) is 0 Å². The van der Waals surface area contributed by atoms with Crippen molar-refractivity contribution in [2.24, 2.45) is 9.98 Å². The van der Waals surface area contributed by atoms with Crippen LogP contribution in [0.1, 0.15) is 5.56 Å². The normalized spacial score (nSPS) is 13.6. The third-order valence-corrected chi connectivity index (χ3v) is 4.06. The third kappa shape index (κ3) is 1.14. The van der Waals surface area contributed by atoms with Crippen LogP contribution in [0.15, 0.2) is 64.7 Å². The average Bonchev–Trinajstić information content (AvgIpc) is 3.11. The van der Waals surface area contributed by atoms with Crippen molar-refractivity contribution in [1.82, 2.24) is 0 Å². The van der Waals surface area contributed by atoms with E-state index in [9.17, 15) is 0 Å². The van der Waals surface area contributed by atoms with Crippen molar-refractivity contribution in [2.45, 2.75) is 0 Å². The molecule has 0 amide bonds. The smallest absolute Gasteiger partial charge is 0.0795 e. The van der Waals surface area contributed by atoms with Crippen molar-refractivity contribution in [1.29, 1.82) is 0 Å². The van der Waals surface area contributed by atoms with E-state index in [1.54, 1.807) is 0 Å². The lowest BCUT2D eigenvalue weighted by atomic mass is 10.00. The Balaban J connectivity index is 1.99. The predicted molar refractivity (Wildman–Crippen MR) is 80.4 cm³/mol. The minimum Gasteiger partial charge on any atom is -0.256 e. The first-order chi connectivity index (χ1) is 9.92. The van der Waals surface area contributed by atoms with Gasteiger partial charge in [0.1, 0.15) is 0 Å². The van der Waals surface area contributed by atoms with Gasteiger partial charge in [-0.05, 0) is 12.1 Å². The maximum atomic E-state index is 4.81. The molecule has 3 aromatic rings. The van der Waals surface area contributed by atoms with Gasteiger partial charge in [-0.2, -0.15) is 0 Å². The molecule has 0 fully saturated rings. The fourth-order valence-corrected chi connectivity index (χ4v) is 3.12. The van der Waals surface area contributed by atoms with E-state index in [1.807, 2.05) is 18.3 Å². The summed E-state index contributed by atoms with van der Waals surface area (Å²) < 4.78 is 0. The first kappa shape index (κ1) is 10.1. The van der Waals surface area contributed by atoms with Crippen molar-refractivity contribution in [3.8, 4) is 11.1 Å². The molecule has 2 nitrogen and oxygen atoms in total. The van der Waals surface area contributed by atoms with Gasteiger partial charge in [-0.15, -0.1) is 0 Å². The Kier molecular flexibility index (Phi) is 1.73. The molecule has 5 rings (SSSR count). The van der Waals surface area contributed by atoms with E-state index >= 15 is 0 Å². The van der Waals surface area contributed by atoms with Crippen LogP contribution in [0.3, 0.4) is 0 Å². The summed E-state index contributed by atoms with van der Waals surface area (Å²) in [5.41, 5.74) is 4.69. The van der Waals surface area contributed by atoms with E-state index in [0.29, 0.717) is 0 Å². The number of hydrogen-bond acceptors (Lipinski definition) is 2. The second-order valence-corrected chi connectivity index (χ2v) is 5.13. The molecule has 2 aliphatic heterocycles. The molecule has 0 N–H and O–H groups in total.